The molecule has 0 atom stereocenters. The van der Waals surface area contributed by atoms with Gasteiger partial charge in [-0.15, -0.1) is 0 Å². The number of urea groups is 1. The van der Waals surface area contributed by atoms with Crippen molar-refractivity contribution in [3.8, 4) is 0 Å². The minimum atomic E-state index is -0.0617. The third-order valence-electron chi connectivity index (χ3n) is 4.26. The molecule has 21 heavy (non-hydrogen) atoms. The summed E-state index contributed by atoms with van der Waals surface area (Å²) >= 11 is 0. The van der Waals surface area contributed by atoms with Crippen LogP contribution in [0.3, 0.4) is 0 Å². The van der Waals surface area contributed by atoms with E-state index in [0.717, 1.165) is 43.7 Å². The number of carbonyl (C=O) groups excluding carboxylic acids is 1. The molecule has 118 valence electrons. The number of aryl methyl sites for hydroxylation is 1. The summed E-state index contributed by atoms with van der Waals surface area (Å²) in [5.74, 6) is 1.80. The quantitative estimate of drug-likeness (QED) is 0.772. The number of H-pyrrole nitrogens is 1. The van der Waals surface area contributed by atoms with Crippen molar-refractivity contribution in [1.82, 2.24) is 20.2 Å². The number of nitrogens with zero attached hydrogens (tertiary/aromatic N) is 2. The monoisotopic (exact) mass is 294 g/mol. The van der Waals surface area contributed by atoms with Gasteiger partial charge in [0, 0.05) is 32.1 Å². The molecule has 0 unspecified atom stereocenters. The highest BCUT2D eigenvalue weighted by Gasteiger charge is 2.21. The molecule has 0 saturated heterocycles. The number of aliphatic hydroxyl groups is 1. The normalized spacial score (nSPS) is 22.0. The van der Waals surface area contributed by atoms with E-state index in [2.05, 4.69) is 15.3 Å². The molecule has 1 fully saturated rings. The summed E-state index contributed by atoms with van der Waals surface area (Å²) in [6.45, 7) is 3.44. The van der Waals surface area contributed by atoms with Gasteiger partial charge in [-0.25, -0.2) is 9.78 Å². The van der Waals surface area contributed by atoms with Gasteiger partial charge in [-0.3, -0.25) is 0 Å². The van der Waals surface area contributed by atoms with Crippen LogP contribution in [-0.4, -0.2) is 46.2 Å². The first-order valence-electron chi connectivity index (χ1n) is 7.68. The summed E-state index contributed by atoms with van der Waals surface area (Å²) in [5, 5.41) is 12.1. The number of hydrogen-bond donors (Lipinski definition) is 3. The molecular weight excluding hydrogens is 268 g/mol. The topological polar surface area (TPSA) is 81.2 Å². The van der Waals surface area contributed by atoms with Crippen molar-refractivity contribution >= 4 is 6.03 Å². The molecule has 1 aliphatic rings. The lowest BCUT2D eigenvalue weighted by atomic mass is 9.82. The highest BCUT2D eigenvalue weighted by Crippen LogP contribution is 2.27. The van der Waals surface area contributed by atoms with Crippen molar-refractivity contribution in [3.63, 3.8) is 0 Å². The highest BCUT2D eigenvalue weighted by atomic mass is 16.3. The first-order valence-corrected chi connectivity index (χ1v) is 7.68. The Balaban J connectivity index is 1.69. The maximum atomic E-state index is 12.1. The molecule has 2 amide bonds. The average Bonchev–Trinajstić information content (AvgIpc) is 2.90. The minimum absolute atomic E-state index is 0.0617. The number of amides is 2. The van der Waals surface area contributed by atoms with Gasteiger partial charge >= 0.3 is 6.03 Å². The molecule has 3 N–H and O–H groups in total. The minimum Gasteiger partial charge on any atom is -0.396 e. The van der Waals surface area contributed by atoms with E-state index in [1.54, 1.807) is 18.1 Å². The molecule has 1 aliphatic carbocycles. The van der Waals surface area contributed by atoms with Crippen LogP contribution in [-0.2, 0) is 6.54 Å². The smallest absolute Gasteiger partial charge is 0.317 e. The second kappa shape index (κ2) is 7.45. The lowest BCUT2D eigenvalue weighted by Gasteiger charge is -2.28. The van der Waals surface area contributed by atoms with Gasteiger partial charge in [0.1, 0.15) is 5.82 Å². The summed E-state index contributed by atoms with van der Waals surface area (Å²) in [4.78, 5) is 21.0. The molecule has 0 spiro atoms. The third kappa shape index (κ3) is 4.74. The van der Waals surface area contributed by atoms with Gasteiger partial charge in [0.2, 0.25) is 0 Å². The Bertz CT molecular complexity index is 452. The first-order chi connectivity index (χ1) is 10.1. The molecule has 0 radical (unpaired) electrons. The lowest BCUT2D eigenvalue weighted by Crippen LogP contribution is -2.40. The van der Waals surface area contributed by atoms with Crippen molar-refractivity contribution < 1.29 is 9.90 Å². The lowest BCUT2D eigenvalue weighted by molar-refractivity contribution is 0.163. The molecule has 1 saturated carbocycles. The summed E-state index contributed by atoms with van der Waals surface area (Å²) in [6.07, 6.45) is 6.08. The Morgan fingerprint density at radius 2 is 2.10 bits per heavy atom. The van der Waals surface area contributed by atoms with Crippen LogP contribution in [0.5, 0.6) is 0 Å². The number of carbonyl (C=O) groups is 1. The number of aromatic amines is 1. The molecule has 2 rings (SSSR count). The van der Waals surface area contributed by atoms with Crippen molar-refractivity contribution in [2.24, 2.45) is 11.8 Å². The molecule has 6 heteroatoms. The van der Waals surface area contributed by atoms with E-state index < -0.39 is 0 Å². The van der Waals surface area contributed by atoms with Crippen LogP contribution >= 0.6 is 0 Å². The van der Waals surface area contributed by atoms with Crippen LogP contribution in [0.15, 0.2) is 6.20 Å². The fourth-order valence-corrected chi connectivity index (χ4v) is 2.83. The number of rotatable bonds is 5. The second-order valence-electron chi connectivity index (χ2n) is 6.12. The van der Waals surface area contributed by atoms with E-state index in [9.17, 15) is 4.79 Å². The van der Waals surface area contributed by atoms with Crippen molar-refractivity contribution in [3.05, 3.63) is 17.7 Å². The van der Waals surface area contributed by atoms with E-state index in [1.165, 1.54) is 0 Å². The van der Waals surface area contributed by atoms with Crippen LogP contribution in [0, 0.1) is 18.8 Å². The van der Waals surface area contributed by atoms with E-state index in [4.69, 9.17) is 5.11 Å². The van der Waals surface area contributed by atoms with Crippen LogP contribution < -0.4 is 5.32 Å². The first kappa shape index (κ1) is 15.8. The summed E-state index contributed by atoms with van der Waals surface area (Å²) in [5.41, 5.74) is 0.999. The largest absolute Gasteiger partial charge is 0.396 e. The fourth-order valence-electron chi connectivity index (χ4n) is 2.83. The van der Waals surface area contributed by atoms with Gasteiger partial charge in [-0.05, 0) is 44.4 Å². The van der Waals surface area contributed by atoms with Gasteiger partial charge in [0.05, 0.1) is 6.54 Å². The number of aliphatic hydroxyl groups excluding tert-OH is 1. The van der Waals surface area contributed by atoms with Gasteiger partial charge in [0.25, 0.3) is 0 Å². The third-order valence-corrected chi connectivity index (χ3v) is 4.26. The zero-order chi connectivity index (χ0) is 15.2. The Labute approximate surface area is 125 Å². The predicted octanol–water partition coefficient (Wildman–Crippen LogP) is 1.66. The summed E-state index contributed by atoms with van der Waals surface area (Å²) in [7, 11) is 1.77. The van der Waals surface area contributed by atoms with E-state index in [-0.39, 0.29) is 6.03 Å². The molecule has 1 aromatic rings. The number of imidazole rings is 1. The van der Waals surface area contributed by atoms with E-state index in [0.29, 0.717) is 25.0 Å². The molecule has 1 heterocycles. The van der Waals surface area contributed by atoms with Crippen LogP contribution in [0.1, 0.15) is 37.2 Å². The molecule has 0 aromatic carbocycles. The summed E-state index contributed by atoms with van der Waals surface area (Å²) in [6, 6.07) is -0.0617. The maximum absolute atomic E-state index is 12.1. The maximum Gasteiger partial charge on any atom is 0.317 e. The number of nitrogens with one attached hydrogen (secondary N) is 2. The average molecular weight is 294 g/mol. The highest BCUT2D eigenvalue weighted by molar-refractivity contribution is 5.73. The number of hydrogen-bond acceptors (Lipinski definition) is 3. The Morgan fingerprint density at radius 1 is 1.43 bits per heavy atom. The number of aromatic nitrogens is 2. The second-order valence-corrected chi connectivity index (χ2v) is 6.12. The van der Waals surface area contributed by atoms with Gasteiger partial charge in [0.15, 0.2) is 0 Å². The van der Waals surface area contributed by atoms with Gasteiger partial charge < -0.3 is 20.3 Å². The standard InChI is InChI=1S/C15H26N4O2/c1-11-7-16-14(18-11)9-19(2)15(21)17-8-12-3-5-13(10-20)6-4-12/h7,12-13,20H,3-6,8-10H2,1-2H3,(H,16,18)(H,17,21). The molecular formula is C15H26N4O2. The molecule has 0 bridgehead atoms. The fraction of sp³-hybridized carbons (Fsp3) is 0.733. The Kier molecular flexibility index (Phi) is 5.61. The Morgan fingerprint density at radius 3 is 2.67 bits per heavy atom. The molecule has 0 aliphatic heterocycles. The van der Waals surface area contributed by atoms with Crippen LogP contribution in [0.2, 0.25) is 0 Å². The summed E-state index contributed by atoms with van der Waals surface area (Å²) < 4.78 is 0. The van der Waals surface area contributed by atoms with Crippen molar-refractivity contribution in [2.75, 3.05) is 20.2 Å². The van der Waals surface area contributed by atoms with Crippen LogP contribution in [0.4, 0.5) is 4.79 Å². The Hall–Kier alpha value is -1.56. The molecule has 1 aromatic heterocycles. The van der Waals surface area contributed by atoms with E-state index in [1.807, 2.05) is 6.92 Å². The van der Waals surface area contributed by atoms with E-state index >= 15 is 0 Å². The van der Waals surface area contributed by atoms with Crippen LogP contribution in [0.25, 0.3) is 0 Å². The SMILES string of the molecule is Cc1cnc(CN(C)C(=O)NCC2CCC(CO)CC2)[nH]1. The zero-order valence-corrected chi connectivity index (χ0v) is 12.9. The van der Waals surface area contributed by atoms with Crippen molar-refractivity contribution in [1.29, 1.82) is 0 Å². The predicted molar refractivity (Wildman–Crippen MR) is 80.7 cm³/mol. The zero-order valence-electron chi connectivity index (χ0n) is 12.9. The molecule has 6 nitrogen and oxygen atoms in total. The van der Waals surface area contributed by atoms with Crippen molar-refractivity contribution in [2.45, 2.75) is 39.2 Å². The van der Waals surface area contributed by atoms with Gasteiger partial charge in [-0.1, -0.05) is 0 Å². The van der Waals surface area contributed by atoms with Gasteiger partial charge in [-0.2, -0.15) is 0 Å².